The van der Waals surface area contributed by atoms with Crippen molar-refractivity contribution in [2.24, 2.45) is 4.99 Å². The largest absolute Gasteiger partial charge is 0.337 e. The first kappa shape index (κ1) is 21.5. The fraction of sp³-hybridized carbons (Fsp3) is 0.115. The van der Waals surface area contributed by atoms with Gasteiger partial charge in [0.2, 0.25) is 0 Å². The van der Waals surface area contributed by atoms with E-state index < -0.39 is 0 Å². The molecule has 1 saturated heterocycles. The summed E-state index contributed by atoms with van der Waals surface area (Å²) in [5.41, 5.74) is 4.86. The summed E-state index contributed by atoms with van der Waals surface area (Å²) in [5, 5.41) is 2.62. The van der Waals surface area contributed by atoms with Crippen molar-refractivity contribution < 1.29 is 4.79 Å². The number of hydrogen-bond donors (Lipinski definition) is 0. The lowest BCUT2D eigenvalue weighted by molar-refractivity contribution is -0.113. The number of nitrogens with zero attached hydrogens (tertiary/aromatic N) is 4. The summed E-state index contributed by atoms with van der Waals surface area (Å²) in [6, 6.07) is 22.2. The van der Waals surface area contributed by atoms with E-state index in [1.54, 1.807) is 28.0 Å². The number of thiazole rings is 1. The van der Waals surface area contributed by atoms with Gasteiger partial charge in [-0.05, 0) is 68.1 Å². The lowest BCUT2D eigenvalue weighted by Gasteiger charge is -2.17. The van der Waals surface area contributed by atoms with Crippen LogP contribution in [0.4, 0.5) is 17.1 Å². The number of carbonyl (C=O) groups excluding carboxylic acids is 1. The molecule has 0 atom stereocenters. The number of amides is 1. The molecular weight excluding hydrogens is 481 g/mol. The van der Waals surface area contributed by atoms with Crippen LogP contribution in [0.5, 0.6) is 0 Å². The van der Waals surface area contributed by atoms with Crippen molar-refractivity contribution in [2.45, 2.75) is 18.7 Å². The molecule has 0 radical (unpaired) electrons. The van der Waals surface area contributed by atoms with Gasteiger partial charge in [-0.2, -0.15) is 0 Å². The number of thioether (sulfide) groups is 2. The van der Waals surface area contributed by atoms with E-state index in [0.717, 1.165) is 47.8 Å². The maximum atomic E-state index is 13.8. The van der Waals surface area contributed by atoms with Crippen molar-refractivity contribution in [3.8, 4) is 0 Å². The Bertz CT molecular complexity index is 1520. The molecule has 0 aliphatic carbocycles. The van der Waals surface area contributed by atoms with E-state index in [1.807, 2.05) is 75.5 Å². The molecule has 3 aromatic carbocycles. The SMILES string of the molecule is Cc1ccc(N2C(=O)C(=C3Sc4ccccc4N3C)SC2=Nc2ccc3nc(C)sc3c2)cc1. The molecule has 0 N–H and O–H groups in total. The van der Waals surface area contributed by atoms with E-state index >= 15 is 0 Å². The van der Waals surface area contributed by atoms with Gasteiger partial charge >= 0.3 is 0 Å². The van der Waals surface area contributed by atoms with E-state index in [2.05, 4.69) is 22.0 Å². The van der Waals surface area contributed by atoms with Crippen molar-refractivity contribution >= 4 is 73.2 Å². The quantitative estimate of drug-likeness (QED) is 0.275. The van der Waals surface area contributed by atoms with Gasteiger partial charge in [0.15, 0.2) is 5.17 Å². The first-order valence-electron chi connectivity index (χ1n) is 10.8. The van der Waals surface area contributed by atoms with Crippen LogP contribution in [0.25, 0.3) is 10.2 Å². The van der Waals surface area contributed by atoms with Crippen molar-refractivity contribution in [3.05, 3.63) is 87.2 Å². The summed E-state index contributed by atoms with van der Waals surface area (Å²) in [7, 11) is 2.01. The summed E-state index contributed by atoms with van der Waals surface area (Å²) >= 11 is 4.72. The van der Waals surface area contributed by atoms with E-state index in [-0.39, 0.29) is 5.91 Å². The number of aliphatic imine (C=N–C) groups is 1. The third-order valence-corrected chi connectivity index (χ3v) is 9.04. The molecular formula is C26H20N4OS3. The molecule has 2 aliphatic rings. The Morgan fingerprint density at radius 3 is 2.53 bits per heavy atom. The minimum atomic E-state index is -0.0514. The molecule has 5 nitrogen and oxygen atoms in total. The summed E-state index contributed by atoms with van der Waals surface area (Å²) in [5.74, 6) is -0.0514. The van der Waals surface area contributed by atoms with Crippen LogP contribution in [0.2, 0.25) is 0 Å². The average Bonchev–Trinajstić information content (AvgIpc) is 3.47. The standard InChI is InChI=1S/C26H20N4OS3/c1-15-8-11-18(12-9-15)30-24(31)23(25-29(3)20-6-4-5-7-21(20)33-25)34-26(30)28-17-10-13-19-22(14-17)32-16(2)27-19/h4-14H,1-3H3. The van der Waals surface area contributed by atoms with Gasteiger partial charge in [-0.15, -0.1) is 11.3 Å². The number of aryl methyl sites for hydroxylation is 2. The van der Waals surface area contributed by atoms with Gasteiger partial charge in [-0.1, -0.05) is 41.6 Å². The van der Waals surface area contributed by atoms with Crippen molar-refractivity contribution in [1.82, 2.24) is 4.98 Å². The molecule has 0 unspecified atom stereocenters. The van der Waals surface area contributed by atoms with E-state index in [0.29, 0.717) is 10.1 Å². The Labute approximate surface area is 210 Å². The predicted molar refractivity (Wildman–Crippen MR) is 145 cm³/mol. The highest BCUT2D eigenvalue weighted by molar-refractivity contribution is 8.20. The molecule has 1 fully saturated rings. The number of benzene rings is 3. The van der Waals surface area contributed by atoms with Crippen LogP contribution in [-0.4, -0.2) is 23.1 Å². The maximum absolute atomic E-state index is 13.8. The normalized spacial score (nSPS) is 19.0. The molecule has 0 bridgehead atoms. The first-order valence-corrected chi connectivity index (χ1v) is 13.2. The Balaban J connectivity index is 1.46. The topological polar surface area (TPSA) is 48.8 Å². The third-order valence-electron chi connectivity index (χ3n) is 5.71. The van der Waals surface area contributed by atoms with Crippen LogP contribution in [0.1, 0.15) is 10.6 Å². The molecule has 8 heteroatoms. The van der Waals surface area contributed by atoms with E-state index in [9.17, 15) is 4.79 Å². The Kier molecular flexibility index (Phi) is 5.24. The number of rotatable bonds is 2. The number of para-hydroxylation sites is 1. The molecule has 1 aromatic heterocycles. The highest BCUT2D eigenvalue weighted by Crippen LogP contribution is 2.50. The zero-order chi connectivity index (χ0) is 23.4. The Morgan fingerprint density at radius 2 is 1.74 bits per heavy atom. The maximum Gasteiger partial charge on any atom is 0.274 e. The van der Waals surface area contributed by atoms with Gasteiger partial charge in [0, 0.05) is 11.9 Å². The second-order valence-corrected chi connectivity index (χ2v) is 11.4. The summed E-state index contributed by atoms with van der Waals surface area (Å²) in [4.78, 5) is 29.0. The molecule has 1 amide bonds. The second-order valence-electron chi connectivity index (χ2n) is 8.12. The van der Waals surface area contributed by atoms with E-state index in [4.69, 9.17) is 4.99 Å². The Morgan fingerprint density at radius 1 is 0.941 bits per heavy atom. The average molecular weight is 501 g/mol. The molecule has 0 spiro atoms. The molecule has 6 rings (SSSR count). The minimum Gasteiger partial charge on any atom is -0.337 e. The smallest absolute Gasteiger partial charge is 0.274 e. The zero-order valence-corrected chi connectivity index (χ0v) is 21.2. The van der Waals surface area contributed by atoms with Crippen LogP contribution in [0.3, 0.4) is 0 Å². The first-order chi connectivity index (χ1) is 16.5. The van der Waals surface area contributed by atoms with Gasteiger partial charge < -0.3 is 4.90 Å². The number of anilines is 2. The van der Waals surface area contributed by atoms with Crippen LogP contribution in [-0.2, 0) is 4.79 Å². The number of aromatic nitrogens is 1. The molecule has 168 valence electrons. The van der Waals surface area contributed by atoms with Crippen LogP contribution < -0.4 is 9.80 Å². The van der Waals surface area contributed by atoms with Crippen LogP contribution >= 0.6 is 34.9 Å². The van der Waals surface area contributed by atoms with Crippen LogP contribution in [0.15, 0.2) is 86.6 Å². The number of fused-ring (bicyclic) bond motifs is 2. The highest BCUT2D eigenvalue weighted by Gasteiger charge is 2.40. The van der Waals surface area contributed by atoms with Gasteiger partial charge in [-0.25, -0.2) is 9.98 Å². The Hall–Kier alpha value is -3.07. The van der Waals surface area contributed by atoms with Crippen molar-refractivity contribution in [3.63, 3.8) is 0 Å². The lowest BCUT2D eigenvalue weighted by Crippen LogP contribution is -2.29. The van der Waals surface area contributed by atoms with Gasteiger partial charge in [0.1, 0.15) is 4.91 Å². The summed E-state index contributed by atoms with van der Waals surface area (Å²) in [6.07, 6.45) is 0. The number of amidine groups is 1. The van der Waals surface area contributed by atoms with Gasteiger partial charge in [-0.3, -0.25) is 9.69 Å². The zero-order valence-electron chi connectivity index (χ0n) is 18.8. The fourth-order valence-corrected chi connectivity index (χ4v) is 7.21. The van der Waals surface area contributed by atoms with Crippen LogP contribution in [0, 0.1) is 13.8 Å². The minimum absolute atomic E-state index is 0.0514. The fourth-order valence-electron chi connectivity index (χ4n) is 4.01. The van der Waals surface area contributed by atoms with Gasteiger partial charge in [0.05, 0.1) is 37.3 Å². The van der Waals surface area contributed by atoms with Crippen molar-refractivity contribution in [2.75, 3.05) is 16.8 Å². The monoisotopic (exact) mass is 500 g/mol. The molecule has 34 heavy (non-hydrogen) atoms. The summed E-state index contributed by atoms with van der Waals surface area (Å²) < 4.78 is 1.09. The molecule has 3 heterocycles. The lowest BCUT2D eigenvalue weighted by atomic mass is 10.2. The molecule has 2 aliphatic heterocycles. The summed E-state index contributed by atoms with van der Waals surface area (Å²) in [6.45, 7) is 4.05. The number of carbonyl (C=O) groups is 1. The predicted octanol–water partition coefficient (Wildman–Crippen LogP) is 7.09. The molecule has 4 aromatic rings. The van der Waals surface area contributed by atoms with E-state index in [1.165, 1.54) is 11.8 Å². The highest BCUT2D eigenvalue weighted by atomic mass is 32.2. The van der Waals surface area contributed by atoms with Gasteiger partial charge in [0.25, 0.3) is 5.91 Å². The molecule has 0 saturated carbocycles. The second kappa shape index (κ2) is 8.30. The van der Waals surface area contributed by atoms with Crippen molar-refractivity contribution in [1.29, 1.82) is 0 Å². The number of hydrogen-bond acceptors (Lipinski definition) is 7. The third kappa shape index (κ3) is 3.62.